The van der Waals surface area contributed by atoms with Gasteiger partial charge in [-0.05, 0) is 72.8 Å². The van der Waals surface area contributed by atoms with Crippen LogP contribution in [0.5, 0.6) is 17.2 Å². The molecular formula is C21H15AlO9. The monoisotopic (exact) mass is 438 g/mol. The third-order valence-electron chi connectivity index (χ3n) is 3.92. The van der Waals surface area contributed by atoms with Gasteiger partial charge in [0.1, 0.15) is 17.2 Å². The Morgan fingerprint density at radius 2 is 0.710 bits per heavy atom. The normalized spacial score (nSPS) is 10.1. The fourth-order valence-corrected chi connectivity index (χ4v) is 3.41. The lowest BCUT2D eigenvalue weighted by Gasteiger charge is -2.14. The van der Waals surface area contributed by atoms with Gasteiger partial charge in [-0.2, -0.15) is 0 Å². The van der Waals surface area contributed by atoms with Crippen molar-refractivity contribution in [3.05, 3.63) is 89.5 Å². The van der Waals surface area contributed by atoms with Crippen molar-refractivity contribution in [3.63, 3.8) is 0 Å². The maximum Gasteiger partial charge on any atom is 1.20 e. The summed E-state index contributed by atoms with van der Waals surface area (Å²) < 4.78 is 15.4. The largest absolute Gasteiger partial charge is 1.20 e. The lowest BCUT2D eigenvalue weighted by molar-refractivity contribution is 0.0410. The Labute approximate surface area is 181 Å². The summed E-state index contributed by atoms with van der Waals surface area (Å²) in [7, 11) is 0. The number of benzene rings is 3. The van der Waals surface area contributed by atoms with Crippen LogP contribution in [0.1, 0.15) is 31.1 Å². The smallest absolute Gasteiger partial charge is 0.547 e. The molecule has 31 heavy (non-hydrogen) atoms. The Morgan fingerprint density at radius 3 is 0.935 bits per heavy atom. The van der Waals surface area contributed by atoms with E-state index in [1.165, 1.54) is 72.8 Å². The van der Waals surface area contributed by atoms with Crippen molar-refractivity contribution < 1.29 is 41.1 Å². The van der Waals surface area contributed by atoms with Gasteiger partial charge >= 0.3 is 33.1 Å². The molecule has 0 unspecified atom stereocenters. The molecule has 9 nitrogen and oxygen atoms in total. The third kappa shape index (κ3) is 5.99. The third-order valence-corrected chi connectivity index (χ3v) is 5.14. The van der Waals surface area contributed by atoms with Gasteiger partial charge in [-0.1, -0.05) is 0 Å². The van der Waals surface area contributed by atoms with Crippen LogP contribution in [0.4, 0.5) is 0 Å². The zero-order valence-electron chi connectivity index (χ0n) is 15.8. The summed E-state index contributed by atoms with van der Waals surface area (Å²) in [5.41, 5.74) is 0.116. The molecule has 156 valence electrons. The minimum Gasteiger partial charge on any atom is -0.547 e. The molecule has 0 bridgehead atoms. The Morgan fingerprint density at radius 1 is 0.484 bits per heavy atom. The number of phenols is 3. The second kappa shape index (κ2) is 9.67. The van der Waals surface area contributed by atoms with Gasteiger partial charge in [0.2, 0.25) is 0 Å². The first-order valence-electron chi connectivity index (χ1n) is 8.82. The van der Waals surface area contributed by atoms with Crippen LogP contribution < -0.4 is 0 Å². The lowest BCUT2D eigenvalue weighted by atomic mass is 10.2. The molecule has 0 aliphatic carbocycles. The number of hydrogen-bond acceptors (Lipinski definition) is 9. The molecule has 3 aromatic rings. The van der Waals surface area contributed by atoms with Gasteiger partial charge in [0.15, 0.2) is 0 Å². The van der Waals surface area contributed by atoms with Crippen molar-refractivity contribution in [2.45, 2.75) is 0 Å². The average Bonchev–Trinajstić information content (AvgIpc) is 2.75. The summed E-state index contributed by atoms with van der Waals surface area (Å²) in [6, 6.07) is 15.3. The number of carbonyl (C=O) groups excluding carboxylic acids is 3. The van der Waals surface area contributed by atoms with Crippen LogP contribution in [-0.4, -0.2) is 48.4 Å². The number of aromatic hydroxyl groups is 3. The molecule has 0 aliphatic heterocycles. The van der Waals surface area contributed by atoms with Gasteiger partial charge in [0.25, 0.3) is 0 Å². The van der Waals surface area contributed by atoms with Gasteiger partial charge in [-0.15, -0.1) is 0 Å². The highest BCUT2D eigenvalue weighted by Gasteiger charge is 2.49. The van der Waals surface area contributed by atoms with E-state index in [1.807, 2.05) is 0 Å². The first kappa shape index (κ1) is 21.7. The van der Waals surface area contributed by atoms with Gasteiger partial charge in [0.05, 0.1) is 16.7 Å². The highest BCUT2D eigenvalue weighted by atomic mass is 27.3. The molecule has 0 spiro atoms. The number of carbonyl (C=O) groups is 3. The van der Waals surface area contributed by atoms with E-state index in [-0.39, 0.29) is 33.9 Å². The summed E-state index contributed by atoms with van der Waals surface area (Å²) in [5, 5.41) is 28.0. The van der Waals surface area contributed by atoms with Crippen molar-refractivity contribution >= 4 is 33.1 Å². The summed E-state index contributed by atoms with van der Waals surface area (Å²) in [4.78, 5) is 37.1. The highest BCUT2D eigenvalue weighted by molar-refractivity contribution is 6.45. The molecule has 0 aliphatic rings. The SMILES string of the molecule is O=C([O][Al]([O]C(=O)c1ccc(O)cc1)[O]C(=O)c1ccc(O)cc1)c1ccc(O)cc1. The van der Waals surface area contributed by atoms with Gasteiger partial charge < -0.3 is 26.7 Å². The minimum atomic E-state index is -3.69. The van der Waals surface area contributed by atoms with Crippen molar-refractivity contribution in [2.24, 2.45) is 0 Å². The Balaban J connectivity index is 1.78. The average molecular weight is 438 g/mol. The van der Waals surface area contributed by atoms with Crippen LogP contribution in [0.25, 0.3) is 0 Å². The van der Waals surface area contributed by atoms with Gasteiger partial charge in [-0.3, -0.25) is 0 Å². The molecule has 0 fully saturated rings. The van der Waals surface area contributed by atoms with Gasteiger partial charge in [-0.25, -0.2) is 14.4 Å². The molecule has 3 aromatic carbocycles. The summed E-state index contributed by atoms with van der Waals surface area (Å²) >= 11 is -3.69. The van der Waals surface area contributed by atoms with E-state index in [4.69, 9.17) is 11.4 Å². The predicted molar refractivity (Wildman–Crippen MR) is 106 cm³/mol. The number of hydrogen-bond donors (Lipinski definition) is 3. The lowest BCUT2D eigenvalue weighted by Crippen LogP contribution is -2.35. The van der Waals surface area contributed by atoms with Crippen molar-refractivity contribution in [2.75, 3.05) is 0 Å². The van der Waals surface area contributed by atoms with Crippen molar-refractivity contribution in [1.29, 1.82) is 0 Å². The van der Waals surface area contributed by atoms with E-state index in [0.717, 1.165) is 0 Å². The first-order chi connectivity index (χ1) is 14.8. The summed E-state index contributed by atoms with van der Waals surface area (Å²) in [5.74, 6) is -2.97. The van der Waals surface area contributed by atoms with E-state index < -0.39 is 33.1 Å². The maximum absolute atomic E-state index is 12.4. The van der Waals surface area contributed by atoms with Crippen LogP contribution in [0.2, 0.25) is 0 Å². The molecular weight excluding hydrogens is 423 g/mol. The standard InChI is InChI=1S/3C7H6O3.Al/c3*8-6-3-1-5(2-4-6)7(9)10;/h3*1-4,8H,(H,9,10);/q;;;+3/p-3. The van der Waals surface area contributed by atoms with E-state index in [0.29, 0.717) is 0 Å². The van der Waals surface area contributed by atoms with E-state index in [2.05, 4.69) is 0 Å². The van der Waals surface area contributed by atoms with E-state index >= 15 is 0 Å². The zero-order chi connectivity index (χ0) is 22.4. The molecule has 0 radical (unpaired) electrons. The molecule has 3 rings (SSSR count). The second-order valence-electron chi connectivity index (χ2n) is 6.15. The molecule has 0 aromatic heterocycles. The minimum absolute atomic E-state index is 0.0386. The van der Waals surface area contributed by atoms with Crippen LogP contribution in [0.15, 0.2) is 72.8 Å². The zero-order valence-corrected chi connectivity index (χ0v) is 17.0. The van der Waals surface area contributed by atoms with Crippen LogP contribution in [0.3, 0.4) is 0 Å². The first-order valence-corrected chi connectivity index (χ1v) is 10.2. The Kier molecular flexibility index (Phi) is 6.77. The molecule has 0 saturated heterocycles. The number of phenolic OH excluding ortho intramolecular Hbond substituents is 3. The maximum atomic E-state index is 12.4. The van der Waals surface area contributed by atoms with Crippen molar-refractivity contribution in [1.82, 2.24) is 0 Å². The second-order valence-corrected chi connectivity index (χ2v) is 7.43. The molecule has 3 N–H and O–H groups in total. The Bertz CT molecular complexity index is 936. The molecule has 0 atom stereocenters. The van der Waals surface area contributed by atoms with Gasteiger partial charge in [0, 0.05) is 0 Å². The molecule has 0 amide bonds. The quantitative estimate of drug-likeness (QED) is 0.496. The van der Waals surface area contributed by atoms with E-state index in [1.54, 1.807) is 0 Å². The summed E-state index contributed by atoms with van der Waals surface area (Å²) in [6.45, 7) is 0. The molecule has 0 heterocycles. The topological polar surface area (TPSA) is 140 Å². The highest BCUT2D eigenvalue weighted by Crippen LogP contribution is 2.16. The Hall–Kier alpha value is -4.00. The fourth-order valence-electron chi connectivity index (χ4n) is 2.33. The van der Waals surface area contributed by atoms with E-state index in [9.17, 15) is 29.7 Å². The fraction of sp³-hybridized carbons (Fsp3) is 0. The summed E-state index contributed by atoms with van der Waals surface area (Å²) in [6.07, 6.45) is 0. The van der Waals surface area contributed by atoms with Crippen LogP contribution in [-0.2, 0) is 11.4 Å². The predicted octanol–water partition coefficient (Wildman–Crippen LogP) is 2.66. The van der Waals surface area contributed by atoms with Crippen LogP contribution >= 0.6 is 0 Å². The molecule has 10 heteroatoms. The van der Waals surface area contributed by atoms with Crippen molar-refractivity contribution in [3.8, 4) is 17.2 Å². The molecule has 0 saturated carbocycles. The number of rotatable bonds is 6. The van der Waals surface area contributed by atoms with Crippen LogP contribution in [0, 0.1) is 0 Å².